The van der Waals surface area contributed by atoms with E-state index in [1.165, 1.54) is 59.9 Å². The minimum Gasteiger partial charge on any atom is -0.309 e. The number of pyridine rings is 1. The molecule has 0 bridgehead atoms. The molecule has 0 spiro atoms. The molecule has 288 valence electrons. The van der Waals surface area contributed by atoms with E-state index < -0.39 is 0 Å². The summed E-state index contributed by atoms with van der Waals surface area (Å²) in [7, 11) is 0. The van der Waals surface area contributed by atoms with Crippen LogP contribution in [0.25, 0.3) is 111 Å². The van der Waals surface area contributed by atoms with Crippen LogP contribution < -0.4 is 0 Å². The van der Waals surface area contributed by atoms with Gasteiger partial charge in [-0.1, -0.05) is 164 Å². The van der Waals surface area contributed by atoms with Crippen LogP contribution in [0.5, 0.6) is 0 Å². The summed E-state index contributed by atoms with van der Waals surface area (Å²) < 4.78 is 4.89. The molecule has 0 saturated heterocycles. The highest BCUT2D eigenvalue weighted by Crippen LogP contribution is 2.42. The lowest BCUT2D eigenvalue weighted by atomic mass is 10.0. The predicted molar refractivity (Wildman–Crippen MR) is 255 cm³/mol. The highest BCUT2D eigenvalue weighted by Gasteiger charge is 2.20. The summed E-state index contributed by atoms with van der Waals surface area (Å²) in [6.07, 6.45) is 1.75. The van der Waals surface area contributed by atoms with Crippen molar-refractivity contribution in [2.24, 2.45) is 0 Å². The molecule has 8 aromatic carbocycles. The van der Waals surface area contributed by atoms with E-state index in [-0.39, 0.29) is 0 Å². The molecule has 5 heteroatoms. The normalized spacial score (nSPS) is 11.4. The molecule has 0 saturated carbocycles. The van der Waals surface area contributed by atoms with Crippen LogP contribution >= 0.6 is 0 Å². The maximum atomic E-state index is 4.99. The lowest BCUT2D eigenvalue weighted by molar-refractivity contribution is 1.07. The standard InChI is InChI=1S/C53H33N5.C3H6/c1-3-14-35(15-4-1)51-54-52(36-16-5-2-6-17-36)56-53(55-51)39-20-13-19-37(32-39)34-26-28-40(29-27-34)57-46-24-11-8-21-41(46)42-30-31-44-48-33-38-18-7-10-23-45(38)58(48)47-25-12-9-22-43(47)49(44)50(42)57;1-3-2/h1-33H;3H,1H2,2H3. The third-order valence-corrected chi connectivity index (χ3v) is 11.5. The molecule has 0 aliphatic carbocycles. The molecule has 0 aliphatic rings. The Hall–Kier alpha value is -8.15. The first-order valence-electron chi connectivity index (χ1n) is 20.6. The molecule has 0 atom stereocenters. The van der Waals surface area contributed by atoms with Gasteiger partial charge in [0.15, 0.2) is 17.5 Å². The van der Waals surface area contributed by atoms with Crippen molar-refractivity contribution in [2.45, 2.75) is 6.92 Å². The second-order valence-corrected chi connectivity index (χ2v) is 15.3. The van der Waals surface area contributed by atoms with Gasteiger partial charge >= 0.3 is 0 Å². The number of benzene rings is 8. The molecular weight excluding hydrogens is 743 g/mol. The monoisotopic (exact) mass is 781 g/mol. The first kappa shape index (κ1) is 36.0. The number of rotatable bonds is 5. The van der Waals surface area contributed by atoms with E-state index >= 15 is 0 Å². The van der Waals surface area contributed by atoms with Crippen LogP contribution in [0.2, 0.25) is 0 Å². The van der Waals surface area contributed by atoms with Gasteiger partial charge in [0, 0.05) is 54.7 Å². The smallest absolute Gasteiger partial charge is 0.164 e. The molecule has 0 aliphatic heterocycles. The van der Waals surface area contributed by atoms with E-state index in [4.69, 9.17) is 15.0 Å². The second-order valence-electron chi connectivity index (χ2n) is 15.3. The van der Waals surface area contributed by atoms with Crippen LogP contribution in [0.4, 0.5) is 0 Å². The summed E-state index contributed by atoms with van der Waals surface area (Å²) in [6, 6.07) is 71.0. The average Bonchev–Trinajstić information content (AvgIpc) is 3.89. The second kappa shape index (κ2) is 14.9. The molecular formula is C56H39N5. The van der Waals surface area contributed by atoms with Crippen molar-refractivity contribution in [3.8, 4) is 51.0 Å². The quantitative estimate of drug-likeness (QED) is 0.129. The molecule has 0 fully saturated rings. The van der Waals surface area contributed by atoms with E-state index in [9.17, 15) is 0 Å². The van der Waals surface area contributed by atoms with Gasteiger partial charge in [0.05, 0.1) is 27.6 Å². The zero-order valence-corrected chi connectivity index (χ0v) is 33.6. The Morgan fingerprint density at radius 1 is 0.393 bits per heavy atom. The van der Waals surface area contributed by atoms with E-state index in [1.807, 2.05) is 67.6 Å². The zero-order chi connectivity index (χ0) is 40.9. The van der Waals surface area contributed by atoms with Crippen molar-refractivity contribution in [3.05, 3.63) is 213 Å². The molecule has 12 rings (SSSR count). The van der Waals surface area contributed by atoms with Crippen molar-refractivity contribution in [2.75, 3.05) is 0 Å². The van der Waals surface area contributed by atoms with Gasteiger partial charge in [-0.05, 0) is 60.5 Å². The minimum atomic E-state index is 0.639. The number of allylic oxidation sites excluding steroid dienone is 1. The SMILES string of the molecule is C=CC.c1ccc(-c2nc(-c3ccccc3)nc(-c3cccc(-c4ccc(-n5c6ccccc6c6ccc7c(c8ccccc8n8c9ccccc9cc78)c65)cc4)c3)n2)cc1. The van der Waals surface area contributed by atoms with E-state index in [0.717, 1.165) is 33.5 Å². The maximum absolute atomic E-state index is 4.99. The molecule has 5 nitrogen and oxygen atoms in total. The van der Waals surface area contributed by atoms with E-state index in [2.05, 4.69) is 155 Å². The molecule has 0 amide bonds. The molecule has 61 heavy (non-hydrogen) atoms. The van der Waals surface area contributed by atoms with Gasteiger partial charge in [0.1, 0.15) is 0 Å². The zero-order valence-electron chi connectivity index (χ0n) is 33.6. The van der Waals surface area contributed by atoms with E-state index in [1.54, 1.807) is 6.08 Å². The molecule has 4 aromatic heterocycles. The summed E-state index contributed by atoms with van der Waals surface area (Å²) in [5, 5.41) is 7.46. The van der Waals surface area contributed by atoms with Crippen LogP contribution in [0.1, 0.15) is 6.92 Å². The third kappa shape index (κ3) is 6.06. The fourth-order valence-electron chi connectivity index (χ4n) is 8.88. The Bertz CT molecular complexity index is 3540. The largest absolute Gasteiger partial charge is 0.309 e. The average molecular weight is 782 g/mol. The summed E-state index contributed by atoms with van der Waals surface area (Å²) in [5.41, 5.74) is 12.2. The topological polar surface area (TPSA) is 48.0 Å². The van der Waals surface area contributed by atoms with Gasteiger partial charge in [0.25, 0.3) is 0 Å². The van der Waals surface area contributed by atoms with Crippen molar-refractivity contribution in [1.29, 1.82) is 0 Å². The Morgan fingerprint density at radius 3 is 1.59 bits per heavy atom. The summed E-state index contributed by atoms with van der Waals surface area (Å²) in [5.74, 6) is 1.94. The third-order valence-electron chi connectivity index (χ3n) is 11.5. The van der Waals surface area contributed by atoms with Gasteiger partial charge < -0.3 is 8.97 Å². The first-order chi connectivity index (χ1) is 30.2. The van der Waals surface area contributed by atoms with Gasteiger partial charge in [-0.15, -0.1) is 6.58 Å². The highest BCUT2D eigenvalue weighted by atomic mass is 15.0. The molecule has 0 N–H and O–H groups in total. The summed E-state index contributed by atoms with van der Waals surface area (Å²) in [6.45, 7) is 5.25. The maximum Gasteiger partial charge on any atom is 0.164 e. The lowest BCUT2D eigenvalue weighted by Gasteiger charge is -2.15. The van der Waals surface area contributed by atoms with Crippen LogP contribution in [0.3, 0.4) is 0 Å². The van der Waals surface area contributed by atoms with Crippen molar-refractivity contribution >= 4 is 59.9 Å². The first-order valence-corrected chi connectivity index (χ1v) is 20.6. The van der Waals surface area contributed by atoms with Crippen LogP contribution in [0, 0.1) is 0 Å². The Labute approximate surface area is 353 Å². The van der Waals surface area contributed by atoms with Gasteiger partial charge in [-0.3, -0.25) is 0 Å². The number of nitrogens with zero attached hydrogens (tertiary/aromatic N) is 5. The van der Waals surface area contributed by atoms with Crippen LogP contribution in [-0.4, -0.2) is 23.9 Å². The Morgan fingerprint density at radius 2 is 0.902 bits per heavy atom. The fourth-order valence-corrected chi connectivity index (χ4v) is 8.88. The van der Waals surface area contributed by atoms with Crippen molar-refractivity contribution in [1.82, 2.24) is 23.9 Å². The van der Waals surface area contributed by atoms with Crippen LogP contribution in [-0.2, 0) is 0 Å². The highest BCUT2D eigenvalue weighted by molar-refractivity contribution is 6.28. The van der Waals surface area contributed by atoms with E-state index in [0.29, 0.717) is 17.5 Å². The molecule has 12 aromatic rings. The van der Waals surface area contributed by atoms with Crippen molar-refractivity contribution < 1.29 is 0 Å². The summed E-state index contributed by atoms with van der Waals surface area (Å²) in [4.78, 5) is 14.9. The van der Waals surface area contributed by atoms with Gasteiger partial charge in [-0.2, -0.15) is 0 Å². The predicted octanol–water partition coefficient (Wildman–Crippen LogP) is 14.5. The van der Waals surface area contributed by atoms with Gasteiger partial charge in [-0.25, -0.2) is 15.0 Å². The number of fused-ring (bicyclic) bond motifs is 12. The fraction of sp³-hybridized carbons (Fsp3) is 0.0179. The van der Waals surface area contributed by atoms with Crippen molar-refractivity contribution in [3.63, 3.8) is 0 Å². The lowest BCUT2D eigenvalue weighted by Crippen LogP contribution is -2.00. The molecule has 0 radical (unpaired) electrons. The minimum absolute atomic E-state index is 0.639. The summed E-state index contributed by atoms with van der Waals surface area (Å²) >= 11 is 0. The van der Waals surface area contributed by atoms with Crippen LogP contribution in [0.15, 0.2) is 213 Å². The Balaban J connectivity index is 0.00000136. The number of para-hydroxylation sites is 3. The Kier molecular flexibility index (Phi) is 8.79. The number of aromatic nitrogens is 5. The number of hydrogen-bond donors (Lipinski definition) is 0. The molecule has 0 unspecified atom stereocenters. The number of hydrogen-bond acceptors (Lipinski definition) is 3. The molecule has 4 heterocycles. The van der Waals surface area contributed by atoms with Gasteiger partial charge in [0.2, 0.25) is 0 Å².